The van der Waals surface area contributed by atoms with Crippen molar-refractivity contribution in [3.8, 4) is 5.75 Å². The number of ether oxygens (including phenoxy) is 1. The Balaban J connectivity index is 2.77. The average Bonchev–Trinajstić information content (AvgIpc) is 2.38. The van der Waals surface area contributed by atoms with Gasteiger partial charge in [-0.05, 0) is 19.1 Å². The molecule has 4 N–H and O–H groups in total. The first-order chi connectivity index (χ1) is 8.99. The SMILES string of the molecule is CNC(=O)NC(=O)C(C)Oc1cccc(F)c1CN. The van der Waals surface area contributed by atoms with Crippen LogP contribution in [-0.2, 0) is 11.3 Å². The van der Waals surface area contributed by atoms with E-state index in [1.807, 2.05) is 0 Å². The van der Waals surface area contributed by atoms with Gasteiger partial charge in [0.15, 0.2) is 6.10 Å². The molecular formula is C12H16FN3O3. The molecular weight excluding hydrogens is 253 g/mol. The largest absolute Gasteiger partial charge is 0.480 e. The third kappa shape index (κ3) is 3.92. The predicted molar refractivity (Wildman–Crippen MR) is 67.0 cm³/mol. The van der Waals surface area contributed by atoms with Crippen LogP contribution in [0.2, 0.25) is 0 Å². The van der Waals surface area contributed by atoms with E-state index in [9.17, 15) is 14.0 Å². The van der Waals surface area contributed by atoms with Gasteiger partial charge < -0.3 is 15.8 Å². The summed E-state index contributed by atoms with van der Waals surface area (Å²) in [5.41, 5.74) is 5.60. The van der Waals surface area contributed by atoms with Crippen LogP contribution in [0.3, 0.4) is 0 Å². The maximum atomic E-state index is 13.4. The highest BCUT2D eigenvalue weighted by atomic mass is 19.1. The molecule has 0 saturated carbocycles. The van der Waals surface area contributed by atoms with E-state index in [-0.39, 0.29) is 17.9 Å². The number of urea groups is 1. The molecule has 19 heavy (non-hydrogen) atoms. The van der Waals surface area contributed by atoms with Crippen molar-refractivity contribution in [3.63, 3.8) is 0 Å². The second-order valence-electron chi connectivity index (χ2n) is 3.75. The zero-order valence-electron chi connectivity index (χ0n) is 10.7. The molecule has 0 aromatic heterocycles. The van der Waals surface area contributed by atoms with Crippen molar-refractivity contribution < 1.29 is 18.7 Å². The van der Waals surface area contributed by atoms with Crippen molar-refractivity contribution in [1.29, 1.82) is 0 Å². The molecule has 1 rings (SSSR count). The van der Waals surface area contributed by atoms with Gasteiger partial charge >= 0.3 is 6.03 Å². The van der Waals surface area contributed by atoms with E-state index in [0.717, 1.165) is 0 Å². The van der Waals surface area contributed by atoms with Crippen LogP contribution in [0.5, 0.6) is 5.75 Å². The number of carbonyl (C=O) groups excluding carboxylic acids is 2. The lowest BCUT2D eigenvalue weighted by molar-refractivity contribution is -0.126. The van der Waals surface area contributed by atoms with Crippen molar-refractivity contribution in [3.05, 3.63) is 29.6 Å². The third-order valence-corrected chi connectivity index (χ3v) is 2.42. The van der Waals surface area contributed by atoms with Gasteiger partial charge in [-0.2, -0.15) is 0 Å². The quantitative estimate of drug-likeness (QED) is 0.742. The van der Waals surface area contributed by atoms with Crippen LogP contribution in [0.15, 0.2) is 18.2 Å². The van der Waals surface area contributed by atoms with Crippen LogP contribution in [0.25, 0.3) is 0 Å². The summed E-state index contributed by atoms with van der Waals surface area (Å²) < 4.78 is 18.8. The van der Waals surface area contributed by atoms with Gasteiger partial charge in [0.2, 0.25) is 0 Å². The minimum absolute atomic E-state index is 0.0498. The van der Waals surface area contributed by atoms with Crippen LogP contribution in [-0.4, -0.2) is 25.1 Å². The molecule has 1 aromatic carbocycles. The van der Waals surface area contributed by atoms with Crippen LogP contribution in [0, 0.1) is 5.82 Å². The highest BCUT2D eigenvalue weighted by molar-refractivity contribution is 5.96. The molecule has 0 radical (unpaired) electrons. The smallest absolute Gasteiger partial charge is 0.321 e. The van der Waals surface area contributed by atoms with Crippen LogP contribution in [0.4, 0.5) is 9.18 Å². The summed E-state index contributed by atoms with van der Waals surface area (Å²) in [6.45, 7) is 1.40. The standard InChI is InChI=1S/C12H16FN3O3/c1-7(11(17)16-12(18)15-2)19-10-5-3-4-9(13)8(10)6-14/h3-5,7H,6,14H2,1-2H3,(H2,15,16,17,18). The highest BCUT2D eigenvalue weighted by Gasteiger charge is 2.19. The summed E-state index contributed by atoms with van der Waals surface area (Å²) in [4.78, 5) is 22.6. The van der Waals surface area contributed by atoms with Crippen molar-refractivity contribution in [2.75, 3.05) is 7.05 Å². The first-order valence-electron chi connectivity index (χ1n) is 5.66. The number of halogens is 1. The van der Waals surface area contributed by atoms with E-state index in [1.54, 1.807) is 0 Å². The second kappa shape index (κ2) is 6.69. The van der Waals surface area contributed by atoms with Gasteiger partial charge in [-0.3, -0.25) is 10.1 Å². The van der Waals surface area contributed by atoms with Gasteiger partial charge in [0.25, 0.3) is 5.91 Å². The highest BCUT2D eigenvalue weighted by Crippen LogP contribution is 2.21. The van der Waals surface area contributed by atoms with Gasteiger partial charge in [0, 0.05) is 19.2 Å². The molecule has 0 fully saturated rings. The lowest BCUT2D eigenvalue weighted by Gasteiger charge is -2.16. The van der Waals surface area contributed by atoms with Crippen molar-refractivity contribution in [1.82, 2.24) is 10.6 Å². The molecule has 1 atom stereocenters. The number of rotatable bonds is 4. The molecule has 7 heteroatoms. The number of nitrogens with two attached hydrogens (primary N) is 1. The minimum Gasteiger partial charge on any atom is -0.480 e. The Morgan fingerprint density at radius 2 is 2.16 bits per heavy atom. The van der Waals surface area contributed by atoms with E-state index >= 15 is 0 Å². The Morgan fingerprint density at radius 1 is 1.47 bits per heavy atom. The Morgan fingerprint density at radius 3 is 2.74 bits per heavy atom. The molecule has 0 heterocycles. The predicted octanol–water partition coefficient (Wildman–Crippen LogP) is 0.507. The van der Waals surface area contributed by atoms with E-state index in [4.69, 9.17) is 10.5 Å². The molecule has 1 aromatic rings. The van der Waals surface area contributed by atoms with Crippen LogP contribution >= 0.6 is 0 Å². The molecule has 0 saturated heterocycles. The van der Waals surface area contributed by atoms with Gasteiger partial charge in [-0.1, -0.05) is 6.07 Å². The summed E-state index contributed by atoms with van der Waals surface area (Å²) in [6.07, 6.45) is -0.954. The van der Waals surface area contributed by atoms with E-state index < -0.39 is 23.9 Å². The lowest BCUT2D eigenvalue weighted by atomic mass is 10.2. The number of nitrogens with one attached hydrogen (secondary N) is 2. The lowest BCUT2D eigenvalue weighted by Crippen LogP contribution is -2.44. The summed E-state index contributed by atoms with van der Waals surface area (Å²) in [5.74, 6) is -0.951. The number of benzene rings is 1. The van der Waals surface area contributed by atoms with E-state index in [2.05, 4.69) is 10.6 Å². The van der Waals surface area contributed by atoms with Gasteiger partial charge in [-0.15, -0.1) is 0 Å². The van der Waals surface area contributed by atoms with Gasteiger partial charge in [0.05, 0.1) is 0 Å². The Labute approximate surface area is 110 Å². The van der Waals surface area contributed by atoms with E-state index in [0.29, 0.717) is 0 Å². The van der Waals surface area contributed by atoms with Crippen molar-refractivity contribution in [2.45, 2.75) is 19.6 Å². The van der Waals surface area contributed by atoms with Crippen molar-refractivity contribution >= 4 is 11.9 Å². The molecule has 6 nitrogen and oxygen atoms in total. The molecule has 0 bridgehead atoms. The second-order valence-corrected chi connectivity index (χ2v) is 3.75. The molecule has 0 aliphatic rings. The number of imide groups is 1. The zero-order chi connectivity index (χ0) is 14.4. The maximum Gasteiger partial charge on any atom is 0.321 e. The van der Waals surface area contributed by atoms with Crippen LogP contribution < -0.4 is 21.1 Å². The first-order valence-corrected chi connectivity index (χ1v) is 5.66. The summed E-state index contributed by atoms with van der Waals surface area (Å²) in [6, 6.07) is 3.57. The minimum atomic E-state index is -0.954. The zero-order valence-corrected chi connectivity index (χ0v) is 10.7. The number of hydrogen-bond acceptors (Lipinski definition) is 4. The van der Waals surface area contributed by atoms with Crippen molar-refractivity contribution in [2.24, 2.45) is 5.73 Å². The topological polar surface area (TPSA) is 93.5 Å². The maximum absolute atomic E-state index is 13.4. The third-order valence-electron chi connectivity index (χ3n) is 2.42. The number of carbonyl (C=O) groups is 2. The monoisotopic (exact) mass is 269 g/mol. The Kier molecular flexibility index (Phi) is 5.25. The fourth-order valence-electron chi connectivity index (χ4n) is 1.37. The van der Waals surface area contributed by atoms with Crippen LogP contribution in [0.1, 0.15) is 12.5 Å². The molecule has 0 spiro atoms. The summed E-state index contributed by atoms with van der Waals surface area (Å²) in [7, 11) is 1.38. The van der Waals surface area contributed by atoms with Gasteiger partial charge in [-0.25, -0.2) is 9.18 Å². The number of hydrogen-bond donors (Lipinski definition) is 3. The Bertz CT molecular complexity index is 479. The molecule has 0 aliphatic carbocycles. The normalized spacial score (nSPS) is 11.6. The van der Waals surface area contributed by atoms with E-state index in [1.165, 1.54) is 32.2 Å². The first kappa shape index (κ1) is 14.9. The molecule has 0 aliphatic heterocycles. The average molecular weight is 269 g/mol. The summed E-state index contributed by atoms with van der Waals surface area (Å²) in [5, 5.41) is 4.30. The summed E-state index contributed by atoms with van der Waals surface area (Å²) >= 11 is 0. The fraction of sp³-hybridized carbons (Fsp3) is 0.333. The fourth-order valence-corrected chi connectivity index (χ4v) is 1.37. The molecule has 104 valence electrons. The Hall–Kier alpha value is -2.15. The number of amides is 3. The molecule has 3 amide bonds. The molecule has 1 unspecified atom stereocenters. The van der Waals surface area contributed by atoms with Gasteiger partial charge in [0.1, 0.15) is 11.6 Å².